The number of aromatic nitrogens is 5. The number of aliphatic hydroxyl groups excluding tert-OH is 1. The van der Waals surface area contributed by atoms with E-state index in [0.717, 1.165) is 50.9 Å². The fraction of sp³-hybridized carbons (Fsp3) is 0.258. The summed E-state index contributed by atoms with van der Waals surface area (Å²) in [4.78, 5) is 5.19. The second kappa shape index (κ2) is 10.3. The third-order valence-electron chi connectivity index (χ3n) is 7.71. The predicted octanol–water partition coefficient (Wildman–Crippen LogP) is 6.26. The van der Waals surface area contributed by atoms with Gasteiger partial charge in [0.05, 0.1) is 35.1 Å². The molecule has 2 atom stereocenters. The standard InChI is InChI=1S/C31H28F2N6O2S/c1-16-14-34-17(2)25-13-24(37-39(16)25)30-28(27-22(33)11-20(32)12-26(27)41-8-7-40)31-21(6-9-42-31)29(35-30)18-4-5-19-15-38(3)36-23(19)10-18/h4-6,9-13,15-17,34,40H,7-8,14H2,1-3H3/t16-,17+/m0/s1. The Morgan fingerprint density at radius 1 is 1.07 bits per heavy atom. The molecule has 0 fully saturated rings. The quantitative estimate of drug-likeness (QED) is 0.240. The molecular weight excluding hydrogens is 558 g/mol. The minimum Gasteiger partial charge on any atom is -0.490 e. The highest BCUT2D eigenvalue weighted by atomic mass is 32.1. The van der Waals surface area contributed by atoms with E-state index in [4.69, 9.17) is 14.8 Å². The van der Waals surface area contributed by atoms with Gasteiger partial charge in [0.1, 0.15) is 35.4 Å². The van der Waals surface area contributed by atoms with Crippen LogP contribution in [-0.2, 0) is 7.05 Å². The van der Waals surface area contributed by atoms with Crippen molar-refractivity contribution in [3.8, 4) is 39.5 Å². The van der Waals surface area contributed by atoms with E-state index in [1.54, 1.807) is 4.68 Å². The van der Waals surface area contributed by atoms with Crippen molar-refractivity contribution in [2.75, 3.05) is 19.8 Å². The Labute approximate surface area is 244 Å². The SMILES string of the molecule is C[C@H]1NC[C@H](C)n2nc(-c3nc(-c4ccc5cn(C)nc5c4)c4ccsc4c3-c3c(F)cc(F)cc3OCCO)cc21. The van der Waals surface area contributed by atoms with Crippen molar-refractivity contribution in [2.24, 2.45) is 7.05 Å². The van der Waals surface area contributed by atoms with Gasteiger partial charge in [-0.2, -0.15) is 10.2 Å². The molecule has 0 saturated heterocycles. The van der Waals surface area contributed by atoms with Gasteiger partial charge in [0, 0.05) is 64.6 Å². The molecule has 0 saturated carbocycles. The molecule has 42 heavy (non-hydrogen) atoms. The molecule has 0 amide bonds. The Bertz CT molecular complexity index is 1950. The number of pyridine rings is 1. The topological polar surface area (TPSA) is 90.0 Å². The van der Waals surface area contributed by atoms with Gasteiger partial charge in [0.2, 0.25) is 0 Å². The highest BCUT2D eigenvalue weighted by Crippen LogP contribution is 2.47. The summed E-state index contributed by atoms with van der Waals surface area (Å²) in [5.41, 5.74) is 4.99. The molecule has 0 unspecified atom stereocenters. The van der Waals surface area contributed by atoms with Crippen LogP contribution >= 0.6 is 11.3 Å². The number of hydrogen-bond acceptors (Lipinski definition) is 7. The number of thiophene rings is 1. The Balaban J connectivity index is 1.55. The van der Waals surface area contributed by atoms with Crippen LogP contribution in [0.1, 0.15) is 31.6 Å². The van der Waals surface area contributed by atoms with Crippen LogP contribution in [-0.4, -0.2) is 49.4 Å². The number of aliphatic hydroxyl groups is 1. The first-order chi connectivity index (χ1) is 20.3. The summed E-state index contributed by atoms with van der Waals surface area (Å²) in [5, 5.41) is 26.3. The van der Waals surface area contributed by atoms with E-state index in [1.165, 1.54) is 11.3 Å². The number of hydrogen-bond donors (Lipinski definition) is 2. The molecule has 214 valence electrons. The summed E-state index contributed by atoms with van der Waals surface area (Å²) in [6.07, 6.45) is 1.96. The van der Waals surface area contributed by atoms with Gasteiger partial charge >= 0.3 is 0 Å². The predicted molar refractivity (Wildman–Crippen MR) is 160 cm³/mol. The summed E-state index contributed by atoms with van der Waals surface area (Å²) < 4.78 is 40.5. The van der Waals surface area contributed by atoms with Crippen molar-refractivity contribution < 1.29 is 18.6 Å². The molecule has 1 aliphatic rings. The van der Waals surface area contributed by atoms with E-state index < -0.39 is 11.6 Å². The Morgan fingerprint density at radius 3 is 2.74 bits per heavy atom. The van der Waals surface area contributed by atoms with Gasteiger partial charge in [-0.3, -0.25) is 9.36 Å². The fourth-order valence-electron chi connectivity index (χ4n) is 5.75. The van der Waals surface area contributed by atoms with Crippen molar-refractivity contribution >= 4 is 32.3 Å². The number of ether oxygens (including phenoxy) is 1. The zero-order valence-corrected chi connectivity index (χ0v) is 24.0. The normalized spacial score (nSPS) is 16.8. The second-order valence-corrected chi connectivity index (χ2v) is 11.6. The fourth-order valence-corrected chi connectivity index (χ4v) is 6.70. The maximum Gasteiger partial charge on any atom is 0.137 e. The molecule has 11 heteroatoms. The molecule has 1 aliphatic heterocycles. The number of fused-ring (bicyclic) bond motifs is 3. The molecule has 0 radical (unpaired) electrons. The third kappa shape index (κ3) is 4.36. The van der Waals surface area contributed by atoms with Crippen LogP contribution in [0.25, 0.3) is 54.8 Å². The molecule has 0 spiro atoms. The van der Waals surface area contributed by atoms with E-state index in [2.05, 4.69) is 24.3 Å². The average molecular weight is 587 g/mol. The lowest BCUT2D eigenvalue weighted by atomic mass is 9.96. The van der Waals surface area contributed by atoms with Crippen LogP contribution < -0.4 is 10.1 Å². The van der Waals surface area contributed by atoms with Gasteiger partial charge in [0.25, 0.3) is 0 Å². The molecular formula is C31H28F2N6O2S. The van der Waals surface area contributed by atoms with Crippen molar-refractivity contribution in [1.29, 1.82) is 0 Å². The summed E-state index contributed by atoms with van der Waals surface area (Å²) in [7, 11) is 1.88. The molecule has 8 nitrogen and oxygen atoms in total. The van der Waals surface area contributed by atoms with Crippen LogP contribution in [0.3, 0.4) is 0 Å². The Morgan fingerprint density at radius 2 is 1.93 bits per heavy atom. The molecule has 6 aromatic rings. The summed E-state index contributed by atoms with van der Waals surface area (Å²) in [5.74, 6) is -1.56. The summed E-state index contributed by atoms with van der Waals surface area (Å²) in [6.45, 7) is 4.51. The van der Waals surface area contributed by atoms with E-state index in [1.807, 2.05) is 53.6 Å². The van der Waals surface area contributed by atoms with Gasteiger partial charge in [-0.15, -0.1) is 11.3 Å². The first-order valence-electron chi connectivity index (χ1n) is 13.7. The van der Waals surface area contributed by atoms with Crippen LogP contribution in [0.5, 0.6) is 5.75 Å². The van der Waals surface area contributed by atoms with E-state index in [-0.39, 0.29) is 36.6 Å². The summed E-state index contributed by atoms with van der Waals surface area (Å²) in [6, 6.07) is 12.1. The lowest BCUT2D eigenvalue weighted by molar-refractivity contribution is 0.201. The van der Waals surface area contributed by atoms with Crippen LogP contribution in [0.4, 0.5) is 8.78 Å². The molecule has 0 bridgehead atoms. The van der Waals surface area contributed by atoms with Crippen LogP contribution in [0.15, 0.2) is 54.0 Å². The number of nitrogens with zero attached hydrogens (tertiary/aromatic N) is 5. The molecule has 4 aromatic heterocycles. The summed E-state index contributed by atoms with van der Waals surface area (Å²) >= 11 is 1.44. The number of aryl methyl sites for hydroxylation is 1. The molecule has 7 rings (SSSR count). The average Bonchev–Trinajstić information content (AvgIpc) is 3.71. The Hall–Kier alpha value is -4.19. The van der Waals surface area contributed by atoms with Crippen LogP contribution in [0.2, 0.25) is 0 Å². The van der Waals surface area contributed by atoms with Gasteiger partial charge in [-0.1, -0.05) is 12.1 Å². The number of halogens is 2. The molecule has 5 heterocycles. The largest absolute Gasteiger partial charge is 0.490 e. The van der Waals surface area contributed by atoms with E-state index in [0.29, 0.717) is 22.6 Å². The van der Waals surface area contributed by atoms with Crippen molar-refractivity contribution in [1.82, 2.24) is 29.9 Å². The van der Waals surface area contributed by atoms with Gasteiger partial charge in [-0.05, 0) is 37.4 Å². The monoisotopic (exact) mass is 586 g/mol. The highest BCUT2D eigenvalue weighted by Gasteiger charge is 2.29. The van der Waals surface area contributed by atoms with E-state index in [9.17, 15) is 9.50 Å². The lowest BCUT2D eigenvalue weighted by Crippen LogP contribution is -2.34. The molecule has 0 aliphatic carbocycles. The third-order valence-corrected chi connectivity index (χ3v) is 8.64. The highest BCUT2D eigenvalue weighted by molar-refractivity contribution is 7.18. The zero-order chi connectivity index (χ0) is 29.1. The smallest absolute Gasteiger partial charge is 0.137 e. The van der Waals surface area contributed by atoms with Crippen molar-refractivity contribution in [3.63, 3.8) is 0 Å². The van der Waals surface area contributed by atoms with E-state index >= 15 is 4.39 Å². The van der Waals surface area contributed by atoms with Gasteiger partial charge in [-0.25, -0.2) is 13.8 Å². The zero-order valence-electron chi connectivity index (χ0n) is 23.2. The minimum atomic E-state index is -0.782. The van der Waals surface area contributed by atoms with Crippen LogP contribution in [0, 0.1) is 11.6 Å². The molecule has 2 aromatic carbocycles. The number of benzene rings is 2. The minimum absolute atomic E-state index is 0.00525. The van der Waals surface area contributed by atoms with Gasteiger partial charge in [0.15, 0.2) is 0 Å². The second-order valence-electron chi connectivity index (χ2n) is 10.6. The maximum absolute atomic E-state index is 15.9. The first-order valence-corrected chi connectivity index (χ1v) is 14.6. The lowest BCUT2D eigenvalue weighted by Gasteiger charge is -2.27. The number of nitrogens with one attached hydrogen (secondary N) is 1. The Kier molecular flexibility index (Phi) is 6.52. The first kappa shape index (κ1) is 26.7. The van der Waals surface area contributed by atoms with Crippen molar-refractivity contribution in [2.45, 2.75) is 25.9 Å². The molecule has 2 N–H and O–H groups in total. The maximum atomic E-state index is 15.9. The van der Waals surface area contributed by atoms with Crippen molar-refractivity contribution in [3.05, 3.63) is 71.4 Å². The number of rotatable bonds is 6. The van der Waals surface area contributed by atoms with Gasteiger partial charge < -0.3 is 15.2 Å².